The van der Waals surface area contributed by atoms with Crippen molar-refractivity contribution in [3.63, 3.8) is 0 Å². The minimum absolute atomic E-state index is 0.0101. The van der Waals surface area contributed by atoms with Gasteiger partial charge in [0.2, 0.25) is 0 Å². The van der Waals surface area contributed by atoms with Crippen molar-refractivity contribution in [1.29, 1.82) is 0 Å². The fraction of sp³-hybridized carbons (Fsp3) is 0.333. The van der Waals surface area contributed by atoms with Crippen LogP contribution >= 0.6 is 11.8 Å². The Morgan fingerprint density at radius 3 is 2.35 bits per heavy atom. The molecule has 1 saturated heterocycles. The highest BCUT2D eigenvalue weighted by atomic mass is 32.2. The lowest BCUT2D eigenvalue weighted by molar-refractivity contribution is -0.114. The Kier molecular flexibility index (Phi) is 8.03. The van der Waals surface area contributed by atoms with Gasteiger partial charge >= 0.3 is 0 Å². The third kappa shape index (κ3) is 5.86. The van der Waals surface area contributed by atoms with Gasteiger partial charge in [-0.15, -0.1) is 0 Å². The first-order chi connectivity index (χ1) is 19.5. The lowest BCUT2D eigenvalue weighted by Gasteiger charge is -2.40. The van der Waals surface area contributed by atoms with Crippen LogP contribution in [0.25, 0.3) is 6.08 Å². The molecular formula is C33H34FN3O2S. The van der Waals surface area contributed by atoms with E-state index in [9.17, 15) is 14.0 Å². The van der Waals surface area contributed by atoms with Crippen LogP contribution in [0.3, 0.4) is 0 Å². The molecule has 40 heavy (non-hydrogen) atoms. The standard InChI is InChI=1S/C33H34FN3O2S/c34-27-14-11-25(12-15-27)23-37-29-22-26(32(38)36-19-17-35(18-20-36)28-9-5-2-6-10-28)13-16-30(29)40-31(33(37)39)21-24-7-3-1-4-8-24/h1,3-4,7-8,11-16,21-22,28H,2,5-6,9-10,17-20,23H2. The van der Waals surface area contributed by atoms with Gasteiger partial charge in [0.05, 0.1) is 17.1 Å². The second-order valence-electron chi connectivity index (χ2n) is 10.8. The lowest BCUT2D eigenvalue weighted by Crippen LogP contribution is -2.52. The van der Waals surface area contributed by atoms with Crippen LogP contribution in [0, 0.1) is 5.82 Å². The van der Waals surface area contributed by atoms with Gasteiger partial charge in [-0.1, -0.05) is 73.5 Å². The average molecular weight is 556 g/mol. The summed E-state index contributed by atoms with van der Waals surface area (Å²) in [4.78, 5) is 35.2. The zero-order valence-corrected chi connectivity index (χ0v) is 23.4. The molecule has 6 rings (SSSR count). The molecule has 5 nitrogen and oxygen atoms in total. The van der Waals surface area contributed by atoms with Crippen molar-refractivity contribution in [1.82, 2.24) is 9.80 Å². The fourth-order valence-corrected chi connectivity index (χ4v) is 7.03. The molecule has 206 valence electrons. The predicted molar refractivity (Wildman–Crippen MR) is 159 cm³/mol. The molecule has 1 saturated carbocycles. The SMILES string of the molecule is O=C(c1ccc2c(c1)N(Cc1ccc(F)cc1)C(=O)C(=Cc1ccccc1)S2)N1CCN(C2CCCCC2)CC1. The van der Waals surface area contributed by atoms with E-state index in [4.69, 9.17) is 0 Å². The van der Waals surface area contributed by atoms with E-state index < -0.39 is 0 Å². The largest absolute Gasteiger partial charge is 0.336 e. The van der Waals surface area contributed by atoms with Crippen molar-refractivity contribution >= 4 is 35.3 Å². The first kappa shape index (κ1) is 26.8. The molecule has 1 aliphatic carbocycles. The van der Waals surface area contributed by atoms with Crippen LogP contribution in [0.5, 0.6) is 0 Å². The third-order valence-corrected chi connectivity index (χ3v) is 9.29. The van der Waals surface area contributed by atoms with Crippen molar-refractivity contribution in [3.05, 3.63) is 100 Å². The van der Waals surface area contributed by atoms with Crippen molar-refractivity contribution in [3.8, 4) is 0 Å². The Morgan fingerprint density at radius 2 is 1.62 bits per heavy atom. The maximum absolute atomic E-state index is 13.8. The minimum atomic E-state index is -0.314. The smallest absolute Gasteiger partial charge is 0.265 e. The molecule has 0 atom stereocenters. The molecule has 0 radical (unpaired) electrons. The van der Waals surface area contributed by atoms with Gasteiger partial charge in [0, 0.05) is 42.7 Å². The molecule has 0 unspecified atom stereocenters. The van der Waals surface area contributed by atoms with Gasteiger partial charge in [0.15, 0.2) is 0 Å². The van der Waals surface area contributed by atoms with E-state index in [2.05, 4.69) is 4.90 Å². The average Bonchev–Trinajstić information content (AvgIpc) is 3.01. The second kappa shape index (κ2) is 12.0. The monoisotopic (exact) mass is 555 g/mol. The van der Waals surface area contributed by atoms with E-state index in [0.29, 0.717) is 16.5 Å². The number of benzene rings is 3. The van der Waals surface area contributed by atoms with Crippen LogP contribution in [-0.4, -0.2) is 53.8 Å². The number of carbonyl (C=O) groups excluding carboxylic acids is 2. The van der Waals surface area contributed by atoms with E-state index in [1.807, 2.05) is 59.5 Å². The van der Waals surface area contributed by atoms with E-state index in [1.165, 1.54) is 56.0 Å². The fourth-order valence-electron chi connectivity index (χ4n) is 5.99. The quantitative estimate of drug-likeness (QED) is 0.333. The van der Waals surface area contributed by atoms with E-state index in [-0.39, 0.29) is 24.2 Å². The molecule has 3 aliphatic rings. The van der Waals surface area contributed by atoms with Gasteiger partial charge in [-0.2, -0.15) is 0 Å². The normalized spacial score (nSPS) is 19.6. The van der Waals surface area contributed by atoms with Crippen LogP contribution in [-0.2, 0) is 11.3 Å². The van der Waals surface area contributed by atoms with Crippen molar-refractivity contribution < 1.29 is 14.0 Å². The highest BCUT2D eigenvalue weighted by Gasteiger charge is 2.32. The summed E-state index contributed by atoms with van der Waals surface area (Å²) >= 11 is 1.43. The highest BCUT2D eigenvalue weighted by Crippen LogP contribution is 2.43. The molecule has 0 N–H and O–H groups in total. The maximum atomic E-state index is 13.8. The Morgan fingerprint density at radius 1 is 0.900 bits per heavy atom. The topological polar surface area (TPSA) is 43.9 Å². The maximum Gasteiger partial charge on any atom is 0.265 e. The third-order valence-electron chi connectivity index (χ3n) is 8.22. The molecular weight excluding hydrogens is 521 g/mol. The zero-order chi connectivity index (χ0) is 27.5. The number of fused-ring (bicyclic) bond motifs is 1. The highest BCUT2D eigenvalue weighted by molar-refractivity contribution is 8.04. The number of rotatable bonds is 5. The Labute approximate surface area is 239 Å². The lowest BCUT2D eigenvalue weighted by atomic mass is 9.94. The molecule has 7 heteroatoms. The summed E-state index contributed by atoms with van der Waals surface area (Å²) in [6, 6.07) is 22.4. The van der Waals surface area contributed by atoms with E-state index in [0.717, 1.165) is 47.9 Å². The van der Waals surface area contributed by atoms with Gasteiger partial charge in [0.25, 0.3) is 11.8 Å². The zero-order valence-electron chi connectivity index (χ0n) is 22.6. The van der Waals surface area contributed by atoms with Crippen LogP contribution < -0.4 is 4.90 Å². The second-order valence-corrected chi connectivity index (χ2v) is 11.9. The number of halogens is 1. The number of amides is 2. The van der Waals surface area contributed by atoms with Crippen LogP contribution in [0.2, 0.25) is 0 Å². The number of thioether (sulfide) groups is 1. The summed E-state index contributed by atoms with van der Waals surface area (Å²) in [6.07, 6.45) is 8.41. The van der Waals surface area contributed by atoms with Gasteiger partial charge in [-0.05, 0) is 60.4 Å². The molecule has 2 aliphatic heterocycles. The van der Waals surface area contributed by atoms with Crippen molar-refractivity contribution in [2.75, 3.05) is 31.1 Å². The van der Waals surface area contributed by atoms with Crippen LogP contribution in [0.1, 0.15) is 53.6 Å². The summed E-state index contributed by atoms with van der Waals surface area (Å²) in [6.45, 7) is 3.57. The Bertz CT molecular complexity index is 1390. The molecule has 3 aromatic rings. The van der Waals surface area contributed by atoms with Crippen LogP contribution in [0.4, 0.5) is 10.1 Å². The minimum Gasteiger partial charge on any atom is -0.336 e. The first-order valence-electron chi connectivity index (χ1n) is 14.2. The van der Waals surface area contributed by atoms with Gasteiger partial charge in [-0.25, -0.2) is 4.39 Å². The summed E-state index contributed by atoms with van der Waals surface area (Å²) in [5.41, 5.74) is 3.08. The molecule has 0 spiro atoms. The van der Waals surface area contributed by atoms with E-state index in [1.54, 1.807) is 17.0 Å². The Balaban J connectivity index is 1.25. The summed E-state index contributed by atoms with van der Waals surface area (Å²) in [5.74, 6) is -0.432. The first-order valence-corrected chi connectivity index (χ1v) is 15.0. The van der Waals surface area contributed by atoms with Gasteiger partial charge in [0.1, 0.15) is 5.82 Å². The van der Waals surface area contributed by atoms with Crippen LogP contribution in [0.15, 0.2) is 82.6 Å². The predicted octanol–water partition coefficient (Wildman–Crippen LogP) is 6.60. The molecule has 2 amide bonds. The van der Waals surface area contributed by atoms with Crippen molar-refractivity contribution in [2.24, 2.45) is 0 Å². The number of anilines is 1. The molecule has 2 fully saturated rings. The summed E-state index contributed by atoms with van der Waals surface area (Å²) in [5, 5.41) is 0. The molecule has 3 aromatic carbocycles. The number of nitrogens with zero attached hydrogens (tertiary/aromatic N) is 3. The number of hydrogen-bond donors (Lipinski definition) is 0. The number of carbonyl (C=O) groups is 2. The number of hydrogen-bond acceptors (Lipinski definition) is 4. The summed E-state index contributed by atoms with van der Waals surface area (Å²) < 4.78 is 13.6. The molecule has 2 heterocycles. The number of piperazine rings is 1. The van der Waals surface area contributed by atoms with Crippen molar-refractivity contribution in [2.45, 2.75) is 49.6 Å². The Hall–Kier alpha value is -3.42. The van der Waals surface area contributed by atoms with Gasteiger partial charge < -0.3 is 9.80 Å². The summed E-state index contributed by atoms with van der Waals surface area (Å²) in [7, 11) is 0. The van der Waals surface area contributed by atoms with Gasteiger partial charge in [-0.3, -0.25) is 14.5 Å². The molecule has 0 aromatic heterocycles. The van der Waals surface area contributed by atoms with E-state index >= 15 is 0 Å². The molecule has 0 bridgehead atoms.